The summed E-state index contributed by atoms with van der Waals surface area (Å²) in [6.07, 6.45) is 1.85. The minimum absolute atomic E-state index is 0.0187. The molecular weight excluding hydrogens is 309 g/mol. The van der Waals surface area contributed by atoms with E-state index >= 15 is 0 Å². The predicted molar refractivity (Wildman–Crippen MR) is 68.8 cm³/mol. The van der Waals surface area contributed by atoms with Gasteiger partial charge >= 0.3 is 15.6 Å². The molecule has 1 aliphatic heterocycles. The highest BCUT2D eigenvalue weighted by Crippen LogP contribution is 2.35. The monoisotopic (exact) mass is 324 g/mol. The van der Waals surface area contributed by atoms with E-state index in [1.165, 1.54) is 6.20 Å². The molecule has 2 heterocycles. The summed E-state index contributed by atoms with van der Waals surface area (Å²) in [5, 5.41) is 2.97. The van der Waals surface area contributed by atoms with Crippen LogP contribution in [0.15, 0.2) is 24.4 Å². The molecular formula is C12H15F3N2O3S. The average molecular weight is 324 g/mol. The highest BCUT2D eigenvalue weighted by Gasteiger charge is 2.52. The van der Waals surface area contributed by atoms with Crippen LogP contribution in [-0.4, -0.2) is 37.6 Å². The van der Waals surface area contributed by atoms with Gasteiger partial charge in [0.25, 0.3) is 0 Å². The Balaban J connectivity index is 2.26. The number of hydrogen-bond acceptors (Lipinski definition) is 5. The Hall–Kier alpha value is -1.19. The van der Waals surface area contributed by atoms with Gasteiger partial charge in [-0.2, -0.15) is 21.6 Å². The van der Waals surface area contributed by atoms with E-state index in [2.05, 4.69) is 14.5 Å². The van der Waals surface area contributed by atoms with Gasteiger partial charge in [0.2, 0.25) is 0 Å². The first-order valence-electron chi connectivity index (χ1n) is 6.37. The van der Waals surface area contributed by atoms with Gasteiger partial charge in [-0.15, -0.1) is 0 Å². The zero-order valence-corrected chi connectivity index (χ0v) is 11.9. The fourth-order valence-corrected chi connectivity index (χ4v) is 3.07. The third kappa shape index (κ3) is 3.92. The fourth-order valence-electron chi connectivity index (χ4n) is 2.28. The molecule has 118 valence electrons. The molecule has 0 aliphatic carbocycles. The molecule has 0 saturated carbocycles. The Bertz CT molecular complexity index is 569. The van der Waals surface area contributed by atoms with Gasteiger partial charge in [-0.25, -0.2) is 0 Å². The quantitative estimate of drug-likeness (QED) is 0.673. The van der Waals surface area contributed by atoms with Crippen molar-refractivity contribution >= 4 is 10.1 Å². The summed E-state index contributed by atoms with van der Waals surface area (Å²) in [6, 6.07) is 4.99. The molecule has 0 aromatic carbocycles. The summed E-state index contributed by atoms with van der Waals surface area (Å²) in [6.45, 7) is 0.778. The van der Waals surface area contributed by atoms with Crippen LogP contribution in [0, 0.1) is 0 Å². The van der Waals surface area contributed by atoms with Gasteiger partial charge < -0.3 is 5.32 Å². The molecule has 1 aromatic heterocycles. The van der Waals surface area contributed by atoms with Crippen LogP contribution in [0.3, 0.4) is 0 Å². The highest BCUT2D eigenvalue weighted by molar-refractivity contribution is 7.87. The van der Waals surface area contributed by atoms with Crippen molar-refractivity contribution in [2.75, 3.05) is 13.1 Å². The Morgan fingerprint density at radius 2 is 1.95 bits per heavy atom. The maximum Gasteiger partial charge on any atom is 0.523 e. The number of piperidine rings is 1. The van der Waals surface area contributed by atoms with E-state index in [1.54, 1.807) is 18.2 Å². The summed E-state index contributed by atoms with van der Waals surface area (Å²) in [5.41, 5.74) is -6.33. The molecule has 0 amide bonds. The molecule has 1 fully saturated rings. The largest absolute Gasteiger partial charge is 0.523 e. The molecule has 0 bridgehead atoms. The van der Waals surface area contributed by atoms with E-state index in [0.29, 0.717) is 18.8 Å². The summed E-state index contributed by atoms with van der Waals surface area (Å²) >= 11 is 0. The van der Waals surface area contributed by atoms with Crippen molar-refractivity contribution in [1.29, 1.82) is 0 Å². The van der Waals surface area contributed by atoms with E-state index in [4.69, 9.17) is 0 Å². The van der Waals surface area contributed by atoms with E-state index in [1.807, 2.05) is 0 Å². The Morgan fingerprint density at radius 1 is 1.29 bits per heavy atom. The number of pyridine rings is 1. The molecule has 2 rings (SSSR count). The van der Waals surface area contributed by atoms with E-state index in [9.17, 15) is 21.6 Å². The number of halogens is 3. The minimum atomic E-state index is -5.63. The zero-order valence-electron chi connectivity index (χ0n) is 11.1. The van der Waals surface area contributed by atoms with Crippen molar-refractivity contribution in [3.63, 3.8) is 0 Å². The van der Waals surface area contributed by atoms with Crippen LogP contribution in [0.4, 0.5) is 13.2 Å². The second kappa shape index (κ2) is 5.90. The second-order valence-electron chi connectivity index (χ2n) is 4.91. The minimum Gasteiger partial charge on any atom is -0.317 e. The van der Waals surface area contributed by atoms with Crippen molar-refractivity contribution in [2.24, 2.45) is 0 Å². The number of rotatable bonds is 4. The summed E-state index contributed by atoms with van der Waals surface area (Å²) in [4.78, 5) is 4.03. The van der Waals surface area contributed by atoms with Gasteiger partial charge in [0, 0.05) is 18.3 Å². The van der Waals surface area contributed by atoms with E-state index in [-0.39, 0.29) is 19.3 Å². The van der Waals surface area contributed by atoms with Crippen molar-refractivity contribution < 1.29 is 25.8 Å². The van der Waals surface area contributed by atoms with Crippen LogP contribution < -0.4 is 5.32 Å². The molecule has 0 spiro atoms. The normalized spacial score (nSPS) is 19.4. The summed E-state index contributed by atoms with van der Waals surface area (Å²) in [7, 11) is -5.63. The summed E-state index contributed by atoms with van der Waals surface area (Å²) < 4.78 is 64.9. The molecule has 0 unspecified atom stereocenters. The van der Waals surface area contributed by atoms with Crippen LogP contribution in [-0.2, 0) is 20.7 Å². The molecule has 1 aromatic rings. The van der Waals surface area contributed by atoms with Gasteiger partial charge in [-0.3, -0.25) is 9.17 Å². The Labute approximate surface area is 120 Å². The molecule has 9 heteroatoms. The molecule has 1 aliphatic rings. The van der Waals surface area contributed by atoms with Crippen molar-refractivity contribution in [2.45, 2.75) is 30.4 Å². The number of alkyl halides is 3. The lowest BCUT2D eigenvalue weighted by atomic mass is 9.88. The number of nitrogens with zero attached hydrogens (tertiary/aromatic N) is 1. The van der Waals surface area contributed by atoms with Crippen LogP contribution in [0.1, 0.15) is 18.5 Å². The number of nitrogens with one attached hydrogen (secondary N) is 1. The standard InChI is InChI=1S/C12H15F3N2O3S/c13-12(14,15)21(18,19)20-11(4-7-16-8-5-11)9-10-3-1-2-6-17-10/h1-3,6,16H,4-5,7-9H2. The lowest BCUT2D eigenvalue weighted by Crippen LogP contribution is -2.48. The first-order chi connectivity index (χ1) is 9.74. The maximum atomic E-state index is 12.6. The topological polar surface area (TPSA) is 68.3 Å². The lowest BCUT2D eigenvalue weighted by Gasteiger charge is -2.36. The third-order valence-corrected chi connectivity index (χ3v) is 4.45. The van der Waals surface area contributed by atoms with Crippen LogP contribution in [0.25, 0.3) is 0 Å². The molecule has 0 atom stereocenters. The Morgan fingerprint density at radius 3 is 2.48 bits per heavy atom. The van der Waals surface area contributed by atoms with Gasteiger partial charge in [-0.1, -0.05) is 6.07 Å². The lowest BCUT2D eigenvalue weighted by molar-refractivity contribution is -0.0691. The van der Waals surface area contributed by atoms with E-state index in [0.717, 1.165) is 0 Å². The maximum absolute atomic E-state index is 12.6. The van der Waals surface area contributed by atoms with Gasteiger partial charge in [-0.05, 0) is 38.1 Å². The predicted octanol–water partition coefficient (Wildman–Crippen LogP) is 1.61. The smallest absolute Gasteiger partial charge is 0.317 e. The first-order valence-corrected chi connectivity index (χ1v) is 7.78. The SMILES string of the molecule is O=S(=O)(OC1(Cc2ccccn2)CCNCC1)C(F)(F)F. The fraction of sp³-hybridized carbons (Fsp3) is 0.583. The highest BCUT2D eigenvalue weighted by atomic mass is 32.2. The second-order valence-corrected chi connectivity index (χ2v) is 6.45. The van der Waals surface area contributed by atoms with Crippen molar-refractivity contribution in [3.8, 4) is 0 Å². The number of hydrogen-bond donors (Lipinski definition) is 1. The van der Waals surface area contributed by atoms with Crippen LogP contribution >= 0.6 is 0 Å². The van der Waals surface area contributed by atoms with Crippen molar-refractivity contribution in [1.82, 2.24) is 10.3 Å². The molecule has 5 nitrogen and oxygen atoms in total. The molecule has 1 N–H and O–H groups in total. The Kier molecular flexibility index (Phi) is 4.54. The summed E-state index contributed by atoms with van der Waals surface area (Å²) in [5.74, 6) is 0. The third-order valence-electron chi connectivity index (χ3n) is 3.31. The number of aromatic nitrogens is 1. The molecule has 1 saturated heterocycles. The van der Waals surface area contributed by atoms with Crippen LogP contribution in [0.2, 0.25) is 0 Å². The molecule has 21 heavy (non-hydrogen) atoms. The average Bonchev–Trinajstić information content (AvgIpc) is 2.38. The van der Waals surface area contributed by atoms with E-state index < -0.39 is 21.2 Å². The van der Waals surface area contributed by atoms with Gasteiger partial charge in [0.15, 0.2) is 0 Å². The van der Waals surface area contributed by atoms with Gasteiger partial charge in [0.1, 0.15) is 0 Å². The molecule has 0 radical (unpaired) electrons. The van der Waals surface area contributed by atoms with Crippen LogP contribution in [0.5, 0.6) is 0 Å². The first kappa shape index (κ1) is 16.2. The van der Waals surface area contributed by atoms with Gasteiger partial charge in [0.05, 0.1) is 5.60 Å². The van der Waals surface area contributed by atoms with Crippen molar-refractivity contribution in [3.05, 3.63) is 30.1 Å². The zero-order chi connectivity index (χ0) is 15.6.